The van der Waals surface area contributed by atoms with Gasteiger partial charge in [-0.3, -0.25) is 0 Å². The Morgan fingerprint density at radius 2 is 0.786 bits per heavy atom. The van der Waals surface area contributed by atoms with E-state index in [1.165, 1.54) is 0 Å². The fourth-order valence-electron chi connectivity index (χ4n) is 3.21. The van der Waals surface area contributed by atoms with Gasteiger partial charge in [0.2, 0.25) is 0 Å². The van der Waals surface area contributed by atoms with E-state index in [4.69, 9.17) is 0 Å². The Kier molecular flexibility index (Phi) is 5.96. The Balaban J connectivity index is 2.12. The molecule has 0 bridgehead atoms. The summed E-state index contributed by atoms with van der Waals surface area (Å²) in [6, 6.07) is 14.1. The van der Waals surface area contributed by atoms with Crippen LogP contribution in [-0.2, 0) is 26.4 Å². The fraction of sp³-hybridized carbons (Fsp3) is 0.182. The van der Waals surface area contributed by atoms with Crippen LogP contribution in [0.1, 0.15) is 22.3 Å². The maximum atomic E-state index is 10.0. The molecular weight excluding hydrogens is 360 g/mol. The Bertz CT molecular complexity index is 869. The van der Waals surface area contributed by atoms with E-state index in [-0.39, 0.29) is 37.9 Å². The molecule has 0 amide bonds. The first-order chi connectivity index (χ1) is 13.5. The second kappa shape index (κ2) is 8.41. The molecule has 0 aliphatic heterocycles. The fourth-order valence-corrected chi connectivity index (χ4v) is 3.21. The van der Waals surface area contributed by atoms with Crippen molar-refractivity contribution in [3.63, 3.8) is 0 Å². The van der Waals surface area contributed by atoms with Crippen LogP contribution in [0.2, 0.25) is 0 Å². The molecule has 0 fully saturated rings. The number of hydrogen-bond donors (Lipinski definition) is 6. The van der Waals surface area contributed by atoms with Gasteiger partial charge in [-0.15, -0.1) is 0 Å². The monoisotopic (exact) mass is 382 g/mol. The summed E-state index contributed by atoms with van der Waals surface area (Å²) < 4.78 is 0. The molecule has 3 aromatic rings. The molecule has 0 radical (unpaired) electrons. The molecule has 0 heterocycles. The van der Waals surface area contributed by atoms with E-state index in [1.807, 2.05) is 24.3 Å². The van der Waals surface area contributed by atoms with E-state index in [0.29, 0.717) is 22.3 Å². The molecule has 6 nitrogen and oxygen atoms in total. The minimum atomic E-state index is -0.357. The van der Waals surface area contributed by atoms with E-state index in [0.717, 1.165) is 22.3 Å². The summed E-state index contributed by atoms with van der Waals surface area (Å²) in [6.07, 6.45) is 0. The van der Waals surface area contributed by atoms with Crippen LogP contribution in [0.25, 0.3) is 22.3 Å². The minimum absolute atomic E-state index is 0.122. The first-order valence-electron chi connectivity index (χ1n) is 8.76. The van der Waals surface area contributed by atoms with Crippen molar-refractivity contribution in [2.45, 2.75) is 26.4 Å². The standard InChI is InChI=1S/C22H22O6/c23-9-17-5-15(6-18(10-24)21(17)27)13-2-1-3-14(4-13)16-7-19(11-25)22(28)20(8-16)12-26/h1-8,23-28H,9-12H2. The molecule has 0 saturated carbocycles. The van der Waals surface area contributed by atoms with Crippen LogP contribution in [0.5, 0.6) is 11.5 Å². The largest absolute Gasteiger partial charge is 0.507 e. The zero-order valence-corrected chi connectivity index (χ0v) is 15.1. The van der Waals surface area contributed by atoms with Crippen LogP contribution < -0.4 is 0 Å². The minimum Gasteiger partial charge on any atom is -0.507 e. The van der Waals surface area contributed by atoms with Crippen molar-refractivity contribution in [3.8, 4) is 33.8 Å². The Hall–Kier alpha value is -2.90. The average molecular weight is 382 g/mol. The van der Waals surface area contributed by atoms with Crippen LogP contribution in [0.15, 0.2) is 48.5 Å². The lowest BCUT2D eigenvalue weighted by atomic mass is 9.94. The van der Waals surface area contributed by atoms with E-state index in [9.17, 15) is 30.6 Å². The summed E-state index contributed by atoms with van der Waals surface area (Å²) in [6.45, 7) is -1.43. The Morgan fingerprint density at radius 3 is 1.07 bits per heavy atom. The van der Waals surface area contributed by atoms with Gasteiger partial charge in [0.1, 0.15) is 11.5 Å². The summed E-state index contributed by atoms with van der Waals surface area (Å²) in [7, 11) is 0. The highest BCUT2D eigenvalue weighted by Gasteiger charge is 2.13. The molecule has 3 rings (SSSR count). The third-order valence-corrected chi connectivity index (χ3v) is 4.75. The van der Waals surface area contributed by atoms with Gasteiger partial charge in [0, 0.05) is 22.3 Å². The molecular formula is C22H22O6. The van der Waals surface area contributed by atoms with Gasteiger partial charge in [0.25, 0.3) is 0 Å². The third kappa shape index (κ3) is 3.72. The maximum absolute atomic E-state index is 10.0. The van der Waals surface area contributed by atoms with Gasteiger partial charge in [-0.25, -0.2) is 0 Å². The van der Waals surface area contributed by atoms with Gasteiger partial charge >= 0.3 is 0 Å². The number of benzene rings is 3. The van der Waals surface area contributed by atoms with E-state index in [2.05, 4.69) is 0 Å². The molecule has 0 aromatic heterocycles. The number of aliphatic hydroxyl groups is 4. The van der Waals surface area contributed by atoms with Gasteiger partial charge in [-0.05, 0) is 52.6 Å². The molecule has 6 heteroatoms. The maximum Gasteiger partial charge on any atom is 0.126 e. The van der Waals surface area contributed by atoms with E-state index < -0.39 is 0 Å². The number of aromatic hydroxyl groups is 2. The SMILES string of the molecule is OCc1cc(-c2cccc(-c3cc(CO)c(O)c(CO)c3)c2)cc(CO)c1O. The van der Waals surface area contributed by atoms with Crippen LogP contribution in [0.4, 0.5) is 0 Å². The molecule has 6 N–H and O–H groups in total. The molecule has 3 aromatic carbocycles. The van der Waals surface area contributed by atoms with Crippen molar-refractivity contribution in [1.82, 2.24) is 0 Å². The quantitative estimate of drug-likeness (QED) is 0.389. The van der Waals surface area contributed by atoms with Crippen molar-refractivity contribution < 1.29 is 30.6 Å². The van der Waals surface area contributed by atoms with Gasteiger partial charge in [0.15, 0.2) is 0 Å². The number of hydrogen-bond acceptors (Lipinski definition) is 6. The normalized spacial score (nSPS) is 11.0. The van der Waals surface area contributed by atoms with E-state index >= 15 is 0 Å². The third-order valence-electron chi connectivity index (χ3n) is 4.75. The summed E-state index contributed by atoms with van der Waals surface area (Å²) in [5.41, 5.74) is 4.32. The van der Waals surface area contributed by atoms with Gasteiger partial charge in [-0.2, -0.15) is 0 Å². The topological polar surface area (TPSA) is 121 Å². The first-order valence-corrected chi connectivity index (χ1v) is 8.76. The number of phenols is 2. The zero-order chi connectivity index (χ0) is 20.3. The van der Waals surface area contributed by atoms with Gasteiger partial charge in [0.05, 0.1) is 26.4 Å². The summed E-state index contributed by atoms with van der Waals surface area (Å²) in [4.78, 5) is 0. The van der Waals surface area contributed by atoms with Crippen molar-refractivity contribution in [2.75, 3.05) is 0 Å². The van der Waals surface area contributed by atoms with E-state index in [1.54, 1.807) is 24.3 Å². The second-order valence-corrected chi connectivity index (χ2v) is 6.50. The highest BCUT2D eigenvalue weighted by Crippen LogP contribution is 2.34. The molecule has 146 valence electrons. The predicted molar refractivity (Wildman–Crippen MR) is 104 cm³/mol. The molecule has 0 saturated heterocycles. The molecule has 0 atom stereocenters. The number of aliphatic hydroxyl groups excluding tert-OH is 4. The Morgan fingerprint density at radius 1 is 0.464 bits per heavy atom. The lowest BCUT2D eigenvalue weighted by Crippen LogP contribution is -1.95. The van der Waals surface area contributed by atoms with Crippen LogP contribution in [0.3, 0.4) is 0 Å². The van der Waals surface area contributed by atoms with Crippen molar-refractivity contribution in [3.05, 3.63) is 70.8 Å². The zero-order valence-electron chi connectivity index (χ0n) is 15.1. The molecule has 0 unspecified atom stereocenters. The molecule has 0 aliphatic rings. The van der Waals surface area contributed by atoms with Crippen molar-refractivity contribution in [2.24, 2.45) is 0 Å². The van der Waals surface area contributed by atoms with Crippen LogP contribution in [0, 0.1) is 0 Å². The summed E-state index contributed by atoms with van der Waals surface area (Å²) in [5, 5.41) is 58.0. The number of rotatable bonds is 6. The summed E-state index contributed by atoms with van der Waals surface area (Å²) in [5.74, 6) is -0.243. The Labute approximate surface area is 162 Å². The smallest absolute Gasteiger partial charge is 0.126 e. The predicted octanol–water partition coefficient (Wildman–Crippen LogP) is 2.40. The molecule has 28 heavy (non-hydrogen) atoms. The van der Waals surface area contributed by atoms with Crippen molar-refractivity contribution >= 4 is 0 Å². The summed E-state index contributed by atoms with van der Waals surface area (Å²) >= 11 is 0. The highest BCUT2D eigenvalue weighted by atomic mass is 16.3. The highest BCUT2D eigenvalue weighted by molar-refractivity contribution is 5.75. The van der Waals surface area contributed by atoms with Crippen LogP contribution in [-0.4, -0.2) is 30.6 Å². The van der Waals surface area contributed by atoms with Crippen molar-refractivity contribution in [1.29, 1.82) is 0 Å². The van der Waals surface area contributed by atoms with Gasteiger partial charge < -0.3 is 30.6 Å². The first kappa shape index (κ1) is 19.9. The molecule has 0 spiro atoms. The van der Waals surface area contributed by atoms with Crippen LogP contribution >= 0.6 is 0 Å². The van der Waals surface area contributed by atoms with Gasteiger partial charge in [-0.1, -0.05) is 18.2 Å². The second-order valence-electron chi connectivity index (χ2n) is 6.50. The lowest BCUT2D eigenvalue weighted by Gasteiger charge is -2.13. The lowest BCUT2D eigenvalue weighted by molar-refractivity contribution is 0.263. The molecule has 0 aliphatic carbocycles. The average Bonchev–Trinajstić information content (AvgIpc) is 2.74.